The molecule has 4 amide bonds. The zero-order valence-electron chi connectivity index (χ0n) is 18.9. The molecule has 2 fully saturated rings. The van der Waals surface area contributed by atoms with Gasteiger partial charge in [0.1, 0.15) is 0 Å². The molecule has 0 bridgehead atoms. The van der Waals surface area contributed by atoms with Crippen molar-refractivity contribution < 1.29 is 14.4 Å². The average Bonchev–Trinajstić information content (AvgIpc) is 2.73. The largest absolute Gasteiger partial charge is 0.364 e. The normalized spacial score (nSPS) is 25.6. The smallest absolute Gasteiger partial charge is 0.335 e. The Morgan fingerprint density at radius 3 is 2.41 bits per heavy atom. The predicted octanol–water partition coefficient (Wildman–Crippen LogP) is 2.56. The molecule has 5 rings (SSSR count). The Labute approximate surface area is 188 Å². The Balaban J connectivity index is 1.70. The molecule has 3 heterocycles. The second-order valence-electron chi connectivity index (χ2n) is 9.40. The molecule has 2 saturated heterocycles. The lowest BCUT2D eigenvalue weighted by atomic mass is 9.67. The number of anilines is 2. The third-order valence-corrected chi connectivity index (χ3v) is 7.20. The van der Waals surface area contributed by atoms with E-state index in [2.05, 4.69) is 21.2 Å². The minimum Gasteiger partial charge on any atom is -0.364 e. The van der Waals surface area contributed by atoms with E-state index in [0.29, 0.717) is 12.2 Å². The van der Waals surface area contributed by atoms with Crippen LogP contribution >= 0.6 is 0 Å². The molecular weight excluding hydrogens is 404 g/mol. The van der Waals surface area contributed by atoms with Crippen molar-refractivity contribution in [1.29, 1.82) is 0 Å². The van der Waals surface area contributed by atoms with E-state index in [4.69, 9.17) is 0 Å². The maximum atomic E-state index is 14.3. The van der Waals surface area contributed by atoms with Crippen LogP contribution in [0.1, 0.15) is 22.3 Å². The van der Waals surface area contributed by atoms with Crippen molar-refractivity contribution in [2.24, 2.45) is 5.41 Å². The van der Waals surface area contributed by atoms with E-state index >= 15 is 0 Å². The zero-order chi connectivity index (χ0) is 22.8. The first-order valence-corrected chi connectivity index (χ1v) is 11.0. The van der Waals surface area contributed by atoms with Crippen molar-refractivity contribution in [2.75, 3.05) is 36.5 Å². The van der Waals surface area contributed by atoms with Crippen molar-refractivity contribution >= 4 is 29.2 Å². The fourth-order valence-electron chi connectivity index (χ4n) is 5.82. The molecule has 0 aliphatic carbocycles. The number of piperazine rings is 1. The van der Waals surface area contributed by atoms with Gasteiger partial charge in [-0.1, -0.05) is 35.9 Å². The highest BCUT2D eigenvalue weighted by atomic mass is 16.2. The Morgan fingerprint density at radius 1 is 1.00 bits per heavy atom. The van der Waals surface area contributed by atoms with Crippen LogP contribution in [0.15, 0.2) is 36.4 Å². The molecule has 0 aromatic heterocycles. The molecule has 32 heavy (non-hydrogen) atoms. The summed E-state index contributed by atoms with van der Waals surface area (Å²) >= 11 is 0. The van der Waals surface area contributed by atoms with E-state index in [0.717, 1.165) is 41.0 Å². The lowest BCUT2D eigenvalue weighted by Crippen LogP contribution is -2.75. The molecule has 0 radical (unpaired) electrons. The van der Waals surface area contributed by atoms with Crippen molar-refractivity contribution in [2.45, 2.75) is 33.2 Å². The lowest BCUT2D eigenvalue weighted by Gasteiger charge is -2.55. The van der Waals surface area contributed by atoms with Crippen LogP contribution < -0.4 is 15.1 Å². The minimum atomic E-state index is -1.37. The fraction of sp³-hybridized carbons (Fsp3) is 0.400. The summed E-state index contributed by atoms with van der Waals surface area (Å²) < 4.78 is 0. The van der Waals surface area contributed by atoms with Crippen LogP contribution in [-0.2, 0) is 16.0 Å². The SMILES string of the molecule is Cc1cc(C)c(N2C(=O)NC(=O)C3(Cc4ccccc4N4CCN(C)CC43)C2=O)c(C)c1. The van der Waals surface area contributed by atoms with Crippen molar-refractivity contribution in [3.8, 4) is 0 Å². The summed E-state index contributed by atoms with van der Waals surface area (Å²) in [6.07, 6.45) is 0.274. The monoisotopic (exact) mass is 432 g/mol. The second-order valence-corrected chi connectivity index (χ2v) is 9.40. The third-order valence-electron chi connectivity index (χ3n) is 7.20. The van der Waals surface area contributed by atoms with Gasteiger partial charge in [0.05, 0.1) is 11.7 Å². The van der Waals surface area contributed by atoms with E-state index in [1.165, 1.54) is 4.90 Å². The molecule has 1 spiro atoms. The first kappa shape index (κ1) is 20.7. The quantitative estimate of drug-likeness (QED) is 0.702. The lowest BCUT2D eigenvalue weighted by molar-refractivity contribution is -0.145. The Hall–Kier alpha value is -3.19. The number of nitrogens with zero attached hydrogens (tertiary/aromatic N) is 3. The van der Waals surface area contributed by atoms with E-state index in [-0.39, 0.29) is 12.5 Å². The van der Waals surface area contributed by atoms with Crippen LogP contribution in [0.3, 0.4) is 0 Å². The van der Waals surface area contributed by atoms with Gasteiger partial charge in [-0.3, -0.25) is 14.9 Å². The number of rotatable bonds is 1. The number of imide groups is 2. The summed E-state index contributed by atoms with van der Waals surface area (Å²) in [6, 6.07) is 10.9. The van der Waals surface area contributed by atoms with E-state index < -0.39 is 23.3 Å². The number of likely N-dealkylation sites (N-methyl/N-ethyl adjacent to an activating group) is 1. The highest BCUT2D eigenvalue weighted by Gasteiger charge is 2.63. The summed E-state index contributed by atoms with van der Waals surface area (Å²) in [4.78, 5) is 46.4. The number of barbiturate groups is 1. The summed E-state index contributed by atoms with van der Waals surface area (Å²) in [5.74, 6) is -0.924. The fourth-order valence-corrected chi connectivity index (χ4v) is 5.82. The standard InChI is InChI=1S/C25H28N4O3/c1-15-11-16(2)21(17(3)12-15)29-23(31)25(22(30)26-24(29)32)13-18-7-5-6-8-19(18)28-10-9-27(4)14-20(25)28/h5-8,11-12,20H,9-10,13-14H2,1-4H3,(H,26,30,32). The van der Waals surface area contributed by atoms with Gasteiger partial charge in [0.15, 0.2) is 5.41 Å². The number of nitrogens with one attached hydrogen (secondary N) is 1. The minimum absolute atomic E-state index is 0.274. The van der Waals surface area contributed by atoms with Gasteiger partial charge in [0.2, 0.25) is 5.91 Å². The molecule has 2 aromatic carbocycles. The molecule has 7 heteroatoms. The van der Waals surface area contributed by atoms with Crippen LogP contribution in [0.5, 0.6) is 0 Å². The van der Waals surface area contributed by atoms with Gasteiger partial charge in [-0.25, -0.2) is 9.69 Å². The molecule has 3 aliphatic heterocycles. The zero-order valence-corrected chi connectivity index (χ0v) is 18.9. The predicted molar refractivity (Wildman–Crippen MR) is 123 cm³/mol. The van der Waals surface area contributed by atoms with Gasteiger partial charge in [0.25, 0.3) is 5.91 Å². The Morgan fingerprint density at radius 2 is 1.69 bits per heavy atom. The molecule has 2 unspecified atom stereocenters. The number of para-hydroxylation sites is 1. The molecule has 7 nitrogen and oxygen atoms in total. The van der Waals surface area contributed by atoms with Gasteiger partial charge in [-0.15, -0.1) is 0 Å². The van der Waals surface area contributed by atoms with E-state index in [9.17, 15) is 14.4 Å². The molecule has 1 N–H and O–H groups in total. The summed E-state index contributed by atoms with van der Waals surface area (Å²) in [6.45, 7) is 7.92. The number of aryl methyl sites for hydroxylation is 3. The van der Waals surface area contributed by atoms with Gasteiger partial charge in [-0.05, 0) is 57.0 Å². The number of fused-ring (bicyclic) bond motifs is 4. The highest BCUT2D eigenvalue weighted by Crippen LogP contribution is 2.46. The van der Waals surface area contributed by atoms with Gasteiger partial charge in [-0.2, -0.15) is 0 Å². The second kappa shape index (κ2) is 7.17. The van der Waals surface area contributed by atoms with Crippen LogP contribution in [0, 0.1) is 26.2 Å². The van der Waals surface area contributed by atoms with E-state index in [1.807, 2.05) is 58.2 Å². The number of hydrogen-bond acceptors (Lipinski definition) is 5. The average molecular weight is 433 g/mol. The van der Waals surface area contributed by atoms with Crippen LogP contribution in [0.2, 0.25) is 0 Å². The molecule has 166 valence electrons. The van der Waals surface area contributed by atoms with Crippen molar-refractivity contribution in [3.05, 3.63) is 58.7 Å². The first-order chi connectivity index (χ1) is 15.2. The number of benzene rings is 2. The van der Waals surface area contributed by atoms with Crippen molar-refractivity contribution in [3.63, 3.8) is 0 Å². The number of amides is 4. The van der Waals surface area contributed by atoms with Crippen LogP contribution in [0.25, 0.3) is 0 Å². The Bertz CT molecular complexity index is 1140. The summed E-state index contributed by atoms with van der Waals surface area (Å²) in [5.41, 5.74) is 3.96. The van der Waals surface area contributed by atoms with Crippen LogP contribution in [0.4, 0.5) is 16.2 Å². The molecule has 2 atom stereocenters. The van der Waals surface area contributed by atoms with Gasteiger partial charge >= 0.3 is 6.03 Å². The maximum absolute atomic E-state index is 14.3. The van der Waals surface area contributed by atoms with Crippen molar-refractivity contribution in [1.82, 2.24) is 10.2 Å². The highest BCUT2D eigenvalue weighted by molar-refractivity contribution is 6.31. The molecule has 2 aromatic rings. The van der Waals surface area contributed by atoms with Gasteiger partial charge in [0, 0.05) is 25.3 Å². The summed E-state index contributed by atoms with van der Waals surface area (Å²) in [5, 5.41) is 2.55. The first-order valence-electron chi connectivity index (χ1n) is 11.0. The number of hydrogen-bond donors (Lipinski definition) is 1. The maximum Gasteiger partial charge on any atom is 0.335 e. The number of carbonyl (C=O) groups excluding carboxylic acids is 3. The number of carbonyl (C=O) groups is 3. The third kappa shape index (κ3) is 2.80. The van der Waals surface area contributed by atoms with Gasteiger partial charge < -0.3 is 9.80 Å². The number of urea groups is 1. The summed E-state index contributed by atoms with van der Waals surface area (Å²) in [7, 11) is 2.01. The van der Waals surface area contributed by atoms with E-state index in [1.54, 1.807) is 0 Å². The topological polar surface area (TPSA) is 73.0 Å². The molecule has 3 aliphatic rings. The molecular formula is C25H28N4O3. The molecule has 0 saturated carbocycles. The van der Waals surface area contributed by atoms with Crippen LogP contribution in [-0.4, -0.2) is 55.5 Å². The Kier molecular flexibility index (Phi) is 4.64.